The SMILES string of the molecule is Cc1cc(C(=O)C[C@H]2NC(=O)[C@H]2[C@@H](C)O[Si](C)(C)C(C)(C)C)nn1C. The molecule has 0 aliphatic carbocycles. The Balaban J connectivity index is 2.03. The van der Waals surface area contributed by atoms with Crippen molar-refractivity contribution in [2.24, 2.45) is 13.0 Å². The first-order valence-electron chi connectivity index (χ1n) is 8.85. The van der Waals surface area contributed by atoms with Gasteiger partial charge in [-0.2, -0.15) is 5.10 Å². The van der Waals surface area contributed by atoms with Crippen molar-refractivity contribution in [3.8, 4) is 0 Å². The van der Waals surface area contributed by atoms with Crippen molar-refractivity contribution >= 4 is 20.0 Å². The number of rotatable bonds is 6. The Morgan fingerprint density at radius 1 is 1.44 bits per heavy atom. The first kappa shape index (κ1) is 19.8. The molecule has 1 aliphatic heterocycles. The topological polar surface area (TPSA) is 73.2 Å². The van der Waals surface area contributed by atoms with E-state index in [2.05, 4.69) is 44.3 Å². The molecule has 140 valence electrons. The predicted molar refractivity (Wildman–Crippen MR) is 100 cm³/mol. The van der Waals surface area contributed by atoms with Crippen LogP contribution in [0.15, 0.2) is 6.07 Å². The number of hydrogen-bond donors (Lipinski definition) is 1. The van der Waals surface area contributed by atoms with Crippen LogP contribution >= 0.6 is 0 Å². The van der Waals surface area contributed by atoms with Gasteiger partial charge in [0.1, 0.15) is 5.69 Å². The summed E-state index contributed by atoms with van der Waals surface area (Å²) < 4.78 is 8.05. The molecule has 7 heteroatoms. The largest absolute Gasteiger partial charge is 0.413 e. The zero-order valence-corrected chi connectivity index (χ0v) is 17.6. The molecule has 0 saturated carbocycles. The van der Waals surface area contributed by atoms with Crippen LogP contribution in [-0.4, -0.2) is 41.9 Å². The molecule has 25 heavy (non-hydrogen) atoms. The molecular formula is C18H31N3O3Si. The normalized spacial score (nSPS) is 22.3. The Bertz CT molecular complexity index is 656. The molecule has 1 saturated heterocycles. The van der Waals surface area contributed by atoms with Crippen LogP contribution in [0, 0.1) is 12.8 Å². The first-order chi connectivity index (χ1) is 11.3. The maximum Gasteiger partial charge on any atom is 0.228 e. The fourth-order valence-electron chi connectivity index (χ4n) is 2.89. The lowest BCUT2D eigenvalue weighted by molar-refractivity contribution is -0.139. The first-order valence-corrected chi connectivity index (χ1v) is 11.8. The van der Waals surface area contributed by atoms with Gasteiger partial charge in [-0.25, -0.2) is 0 Å². The van der Waals surface area contributed by atoms with Gasteiger partial charge < -0.3 is 9.74 Å². The molecule has 2 heterocycles. The predicted octanol–water partition coefficient (Wildman–Crippen LogP) is 2.83. The summed E-state index contributed by atoms with van der Waals surface area (Å²) in [6.45, 7) is 14.7. The minimum absolute atomic E-state index is 0.0267. The highest BCUT2D eigenvalue weighted by Crippen LogP contribution is 2.39. The second-order valence-electron chi connectivity index (χ2n) is 8.65. The highest BCUT2D eigenvalue weighted by molar-refractivity contribution is 6.74. The van der Waals surface area contributed by atoms with Crippen LogP contribution in [0.5, 0.6) is 0 Å². The lowest BCUT2D eigenvalue weighted by Gasteiger charge is -2.45. The molecule has 1 aromatic rings. The van der Waals surface area contributed by atoms with E-state index in [0.29, 0.717) is 5.69 Å². The van der Waals surface area contributed by atoms with E-state index in [4.69, 9.17) is 4.43 Å². The number of β-lactam (4-membered cyclic amide) rings is 1. The van der Waals surface area contributed by atoms with Crippen molar-refractivity contribution in [1.29, 1.82) is 0 Å². The van der Waals surface area contributed by atoms with Crippen molar-refractivity contribution in [2.75, 3.05) is 0 Å². The number of aromatic nitrogens is 2. The molecule has 0 radical (unpaired) electrons. The highest BCUT2D eigenvalue weighted by Gasteiger charge is 2.48. The van der Waals surface area contributed by atoms with E-state index in [1.54, 1.807) is 10.7 Å². The molecule has 2 rings (SSSR count). The Morgan fingerprint density at radius 2 is 2.04 bits per heavy atom. The summed E-state index contributed by atoms with van der Waals surface area (Å²) in [5.74, 6) is -0.345. The van der Waals surface area contributed by atoms with Crippen molar-refractivity contribution in [1.82, 2.24) is 15.1 Å². The monoisotopic (exact) mass is 365 g/mol. The maximum absolute atomic E-state index is 12.5. The molecule has 1 N–H and O–H groups in total. The number of Topliss-reactive ketones (excluding diaryl/α,β-unsaturated/α-hetero) is 1. The van der Waals surface area contributed by atoms with E-state index in [1.165, 1.54) is 0 Å². The van der Waals surface area contributed by atoms with Gasteiger partial charge in [-0.3, -0.25) is 14.3 Å². The molecule has 0 spiro atoms. The highest BCUT2D eigenvalue weighted by atomic mass is 28.4. The van der Waals surface area contributed by atoms with Crippen molar-refractivity contribution in [3.63, 3.8) is 0 Å². The van der Waals surface area contributed by atoms with Crippen LogP contribution in [0.3, 0.4) is 0 Å². The lowest BCUT2D eigenvalue weighted by atomic mass is 9.83. The zero-order chi connectivity index (χ0) is 19.2. The molecule has 1 aromatic heterocycles. The molecule has 3 atom stereocenters. The van der Waals surface area contributed by atoms with Crippen LogP contribution in [0.2, 0.25) is 18.1 Å². The number of ketones is 1. The molecule has 1 amide bonds. The fourth-order valence-corrected chi connectivity index (χ4v) is 4.32. The summed E-state index contributed by atoms with van der Waals surface area (Å²) in [4.78, 5) is 24.6. The second-order valence-corrected chi connectivity index (χ2v) is 13.4. The Kier molecular flexibility index (Phi) is 5.30. The maximum atomic E-state index is 12.5. The fraction of sp³-hybridized carbons (Fsp3) is 0.722. The van der Waals surface area contributed by atoms with Gasteiger partial charge in [-0.05, 0) is 38.0 Å². The quantitative estimate of drug-likeness (QED) is 0.478. The zero-order valence-electron chi connectivity index (χ0n) is 16.6. The van der Waals surface area contributed by atoms with Gasteiger partial charge in [0.05, 0.1) is 18.1 Å². The van der Waals surface area contributed by atoms with Crippen LogP contribution in [-0.2, 0) is 16.3 Å². The van der Waals surface area contributed by atoms with Gasteiger partial charge in [0.25, 0.3) is 0 Å². The van der Waals surface area contributed by atoms with E-state index in [1.807, 2.05) is 20.9 Å². The van der Waals surface area contributed by atoms with E-state index < -0.39 is 8.32 Å². The summed E-state index contributed by atoms with van der Waals surface area (Å²) in [6.07, 6.45) is 0.0656. The van der Waals surface area contributed by atoms with Crippen molar-refractivity contribution < 1.29 is 14.0 Å². The molecule has 6 nitrogen and oxygen atoms in total. The lowest BCUT2D eigenvalue weighted by Crippen LogP contribution is -2.64. The average Bonchev–Trinajstić information content (AvgIpc) is 2.75. The van der Waals surface area contributed by atoms with Crippen molar-refractivity contribution in [3.05, 3.63) is 17.5 Å². The Morgan fingerprint density at radius 3 is 2.48 bits per heavy atom. The molecule has 1 fully saturated rings. The standard InChI is InChI=1S/C18H31N3O3Si/c1-11-9-13(20-21(11)6)15(22)10-14-16(17(23)19-14)12(2)24-25(7,8)18(3,4)5/h9,12,14,16H,10H2,1-8H3,(H,19,23)/t12-,14-,16+/m1/s1. The van der Waals surface area contributed by atoms with Gasteiger partial charge >= 0.3 is 0 Å². The number of carbonyl (C=O) groups excluding carboxylic acids is 2. The van der Waals surface area contributed by atoms with Gasteiger partial charge in [0.15, 0.2) is 14.1 Å². The van der Waals surface area contributed by atoms with Crippen molar-refractivity contribution in [2.45, 2.75) is 71.3 Å². The summed E-state index contributed by atoms with van der Waals surface area (Å²) in [5.41, 5.74) is 1.39. The molecule has 0 bridgehead atoms. The van der Waals surface area contributed by atoms with Crippen LogP contribution < -0.4 is 5.32 Å². The third kappa shape index (κ3) is 4.03. The number of hydrogen-bond acceptors (Lipinski definition) is 4. The van der Waals surface area contributed by atoms with Gasteiger partial charge in [-0.1, -0.05) is 20.8 Å². The number of aryl methyl sites for hydroxylation is 2. The van der Waals surface area contributed by atoms with Gasteiger partial charge in [-0.15, -0.1) is 0 Å². The number of nitrogens with zero attached hydrogens (tertiary/aromatic N) is 2. The van der Waals surface area contributed by atoms with Crippen LogP contribution in [0.4, 0.5) is 0 Å². The Hall–Kier alpha value is -1.47. The summed E-state index contributed by atoms with van der Waals surface area (Å²) in [6, 6.07) is 1.61. The van der Waals surface area contributed by atoms with E-state index in [0.717, 1.165) is 5.69 Å². The van der Waals surface area contributed by atoms with Gasteiger partial charge in [0, 0.05) is 19.2 Å². The van der Waals surface area contributed by atoms with E-state index >= 15 is 0 Å². The summed E-state index contributed by atoms with van der Waals surface area (Å²) in [7, 11) is -0.146. The van der Waals surface area contributed by atoms with Crippen LogP contribution in [0.1, 0.15) is 50.3 Å². The number of nitrogens with one attached hydrogen (secondary N) is 1. The third-order valence-corrected chi connectivity index (χ3v) is 10.2. The number of amides is 1. The molecule has 1 aliphatic rings. The third-order valence-electron chi connectivity index (χ3n) is 5.66. The smallest absolute Gasteiger partial charge is 0.228 e. The molecular weight excluding hydrogens is 334 g/mol. The van der Waals surface area contributed by atoms with E-state index in [-0.39, 0.29) is 41.2 Å². The number of carbonyl (C=O) groups is 2. The minimum atomic E-state index is -1.96. The second kappa shape index (κ2) is 6.68. The average molecular weight is 366 g/mol. The Labute approximate surface area is 151 Å². The molecule has 0 aromatic carbocycles. The minimum Gasteiger partial charge on any atom is -0.413 e. The van der Waals surface area contributed by atoms with E-state index in [9.17, 15) is 9.59 Å². The summed E-state index contributed by atoms with van der Waals surface area (Å²) >= 11 is 0. The molecule has 0 unspecified atom stereocenters. The van der Waals surface area contributed by atoms with Gasteiger partial charge in [0.2, 0.25) is 5.91 Å². The van der Waals surface area contributed by atoms with Crippen LogP contribution in [0.25, 0.3) is 0 Å². The summed E-state index contributed by atoms with van der Waals surface area (Å²) in [5, 5.41) is 7.18.